The lowest BCUT2D eigenvalue weighted by atomic mass is 9.96. The number of para-hydroxylation sites is 1. The van der Waals surface area contributed by atoms with Gasteiger partial charge < -0.3 is 14.8 Å². The van der Waals surface area contributed by atoms with Gasteiger partial charge in [-0.25, -0.2) is 0 Å². The quantitative estimate of drug-likeness (QED) is 0.338. The van der Waals surface area contributed by atoms with Crippen LogP contribution in [0, 0.1) is 20.8 Å². The molecule has 4 nitrogen and oxygen atoms in total. The van der Waals surface area contributed by atoms with Crippen LogP contribution in [0.4, 0.5) is 5.69 Å². The number of hydrogen-bond acceptors (Lipinski definition) is 2. The number of thiocarbonyl (C=S) groups is 1. The Morgan fingerprint density at radius 1 is 0.939 bits per heavy atom. The van der Waals surface area contributed by atoms with Crippen molar-refractivity contribution in [3.8, 4) is 5.69 Å². The van der Waals surface area contributed by atoms with Crippen LogP contribution in [0.3, 0.4) is 0 Å². The summed E-state index contributed by atoms with van der Waals surface area (Å²) in [6.45, 7) is 6.36. The highest BCUT2D eigenvalue weighted by Gasteiger charge is 2.42. The predicted molar refractivity (Wildman–Crippen MR) is 139 cm³/mol. The Hall–Kier alpha value is -3.15. The van der Waals surface area contributed by atoms with Gasteiger partial charge in [-0.15, -0.1) is 0 Å². The molecule has 1 aliphatic heterocycles. The molecule has 4 aromatic rings. The molecule has 2 atom stereocenters. The van der Waals surface area contributed by atoms with E-state index in [0.29, 0.717) is 5.11 Å². The Morgan fingerprint density at radius 3 is 2.36 bits per heavy atom. The van der Waals surface area contributed by atoms with E-state index in [1.165, 1.54) is 11.1 Å². The number of anilines is 1. The van der Waals surface area contributed by atoms with Gasteiger partial charge in [0.05, 0.1) is 28.5 Å². The summed E-state index contributed by atoms with van der Waals surface area (Å²) in [6, 6.07) is 24.6. The van der Waals surface area contributed by atoms with Crippen molar-refractivity contribution in [1.82, 2.24) is 14.9 Å². The number of rotatable bonds is 4. The third-order valence-corrected chi connectivity index (χ3v) is 6.93. The number of nitrogens with zero attached hydrogens (tertiary/aromatic N) is 3. The molecule has 1 aliphatic rings. The number of aryl methyl sites for hydroxylation is 2. The van der Waals surface area contributed by atoms with Crippen LogP contribution in [0.1, 0.15) is 40.3 Å². The van der Waals surface area contributed by atoms with Gasteiger partial charge in [0.15, 0.2) is 5.11 Å². The van der Waals surface area contributed by atoms with Gasteiger partial charge >= 0.3 is 0 Å². The van der Waals surface area contributed by atoms with Gasteiger partial charge in [0.2, 0.25) is 0 Å². The maximum absolute atomic E-state index is 6.58. The fraction of sp³-hybridized carbons (Fsp3) is 0.185. The lowest BCUT2D eigenvalue weighted by Gasteiger charge is -2.28. The molecule has 0 unspecified atom stereocenters. The summed E-state index contributed by atoms with van der Waals surface area (Å²) in [6.07, 6.45) is 1.83. The second-order valence-corrected chi connectivity index (χ2v) is 9.24. The minimum atomic E-state index is -0.0831. The van der Waals surface area contributed by atoms with Crippen LogP contribution in [0.15, 0.2) is 79.0 Å². The molecule has 0 bridgehead atoms. The summed E-state index contributed by atoms with van der Waals surface area (Å²) in [7, 11) is 0. The van der Waals surface area contributed by atoms with Gasteiger partial charge in [0.1, 0.15) is 0 Å². The Morgan fingerprint density at radius 2 is 1.67 bits per heavy atom. The average Bonchev–Trinajstić information content (AvgIpc) is 3.31. The molecule has 0 saturated carbocycles. The lowest BCUT2D eigenvalue weighted by molar-refractivity contribution is 0.565. The number of nitrogens with one attached hydrogen (secondary N) is 1. The number of benzene rings is 2. The largest absolute Gasteiger partial charge is 0.351 e. The van der Waals surface area contributed by atoms with Crippen molar-refractivity contribution in [1.29, 1.82) is 0 Å². The maximum Gasteiger partial charge on any atom is 0.174 e. The van der Waals surface area contributed by atoms with E-state index in [9.17, 15) is 0 Å². The van der Waals surface area contributed by atoms with Gasteiger partial charge in [-0.3, -0.25) is 4.98 Å². The second kappa shape index (κ2) is 8.65. The van der Waals surface area contributed by atoms with Crippen LogP contribution >= 0.6 is 23.8 Å². The number of halogens is 1. The number of pyridine rings is 1. The van der Waals surface area contributed by atoms with E-state index in [4.69, 9.17) is 23.8 Å². The van der Waals surface area contributed by atoms with Gasteiger partial charge in [0, 0.05) is 23.3 Å². The first kappa shape index (κ1) is 21.7. The van der Waals surface area contributed by atoms with Crippen LogP contribution in [0.25, 0.3) is 5.69 Å². The zero-order valence-electron chi connectivity index (χ0n) is 18.8. The van der Waals surface area contributed by atoms with Crippen molar-refractivity contribution >= 4 is 34.6 Å². The molecule has 1 N–H and O–H groups in total. The molecule has 1 saturated heterocycles. The van der Waals surface area contributed by atoms with E-state index in [-0.39, 0.29) is 12.1 Å². The van der Waals surface area contributed by atoms with Crippen LogP contribution < -0.4 is 10.2 Å². The van der Waals surface area contributed by atoms with Gasteiger partial charge in [0.25, 0.3) is 0 Å². The molecule has 1 fully saturated rings. The molecule has 0 aliphatic carbocycles. The normalized spacial score (nSPS) is 17.9. The molecule has 0 spiro atoms. The Bertz CT molecular complexity index is 1310. The minimum absolute atomic E-state index is 0.0578. The van der Waals surface area contributed by atoms with E-state index in [1.807, 2.05) is 36.5 Å². The van der Waals surface area contributed by atoms with Crippen molar-refractivity contribution in [3.05, 3.63) is 112 Å². The second-order valence-electron chi connectivity index (χ2n) is 8.45. The number of aromatic nitrogens is 2. The highest BCUT2D eigenvalue weighted by atomic mass is 35.5. The van der Waals surface area contributed by atoms with Crippen molar-refractivity contribution < 1.29 is 0 Å². The van der Waals surface area contributed by atoms with Crippen LogP contribution in [-0.4, -0.2) is 14.7 Å². The molecule has 0 amide bonds. The van der Waals surface area contributed by atoms with Crippen molar-refractivity contribution in [2.75, 3.05) is 4.90 Å². The Balaban J connectivity index is 1.69. The fourth-order valence-electron chi connectivity index (χ4n) is 4.75. The van der Waals surface area contributed by atoms with E-state index in [0.717, 1.165) is 33.5 Å². The smallest absolute Gasteiger partial charge is 0.174 e. The summed E-state index contributed by atoms with van der Waals surface area (Å²) < 4.78 is 2.22. The molecule has 33 heavy (non-hydrogen) atoms. The van der Waals surface area contributed by atoms with E-state index >= 15 is 0 Å². The highest BCUT2D eigenvalue weighted by molar-refractivity contribution is 7.80. The zero-order valence-corrected chi connectivity index (χ0v) is 20.4. The van der Waals surface area contributed by atoms with E-state index in [1.54, 1.807) is 0 Å². The van der Waals surface area contributed by atoms with Crippen LogP contribution in [0.2, 0.25) is 5.02 Å². The van der Waals surface area contributed by atoms with E-state index < -0.39 is 0 Å². The molecular formula is C27H25ClN4S. The topological polar surface area (TPSA) is 33.1 Å². The SMILES string of the molecule is Cc1ccc(N2C(=S)N[C@H](c3ccccn3)[C@@H]2c2cc(C)n(-c3ccccc3Cl)c2C)cc1. The molecule has 2 aromatic carbocycles. The van der Waals surface area contributed by atoms with Crippen molar-refractivity contribution in [2.24, 2.45) is 0 Å². The number of hydrogen-bond donors (Lipinski definition) is 1. The summed E-state index contributed by atoms with van der Waals surface area (Å²) in [5, 5.41) is 4.97. The lowest BCUT2D eigenvalue weighted by Crippen LogP contribution is -2.29. The summed E-state index contributed by atoms with van der Waals surface area (Å²) in [5.74, 6) is 0. The molecule has 0 radical (unpaired) electrons. The predicted octanol–water partition coefficient (Wildman–Crippen LogP) is 6.63. The Kier molecular flexibility index (Phi) is 5.69. The fourth-order valence-corrected chi connectivity index (χ4v) is 5.31. The molecule has 2 aromatic heterocycles. The van der Waals surface area contributed by atoms with Crippen molar-refractivity contribution in [3.63, 3.8) is 0 Å². The van der Waals surface area contributed by atoms with Crippen LogP contribution in [-0.2, 0) is 0 Å². The summed E-state index contributed by atoms with van der Waals surface area (Å²) in [4.78, 5) is 6.88. The first-order valence-corrected chi connectivity index (χ1v) is 11.8. The van der Waals surface area contributed by atoms with Crippen LogP contribution in [0.5, 0.6) is 0 Å². The molecule has 3 heterocycles. The molecule has 6 heteroatoms. The van der Waals surface area contributed by atoms with E-state index in [2.05, 4.69) is 83.0 Å². The third kappa shape index (κ3) is 3.81. The third-order valence-electron chi connectivity index (χ3n) is 6.29. The monoisotopic (exact) mass is 472 g/mol. The molecule has 166 valence electrons. The maximum atomic E-state index is 6.58. The first-order valence-electron chi connectivity index (χ1n) is 11.0. The average molecular weight is 473 g/mol. The summed E-state index contributed by atoms with van der Waals surface area (Å²) >= 11 is 12.5. The zero-order chi connectivity index (χ0) is 23.1. The molecule has 5 rings (SSSR count). The Labute approximate surface area is 204 Å². The first-order chi connectivity index (χ1) is 16.0. The summed E-state index contributed by atoms with van der Waals surface area (Å²) in [5.41, 5.74) is 7.66. The highest BCUT2D eigenvalue weighted by Crippen LogP contribution is 2.44. The molecular weight excluding hydrogens is 448 g/mol. The minimum Gasteiger partial charge on any atom is -0.351 e. The van der Waals surface area contributed by atoms with Gasteiger partial charge in [-0.05, 0) is 81.0 Å². The van der Waals surface area contributed by atoms with Gasteiger partial charge in [-0.1, -0.05) is 47.5 Å². The van der Waals surface area contributed by atoms with Gasteiger partial charge in [-0.2, -0.15) is 0 Å². The standard InChI is InChI=1S/C27H25ClN4S/c1-17-11-13-20(14-12-17)32-26(25(30-27(32)33)23-9-6-7-15-29-23)21-16-18(2)31(19(21)3)24-10-5-4-8-22(24)28/h4-16,25-26H,1-3H3,(H,30,33)/t25-,26+/m1/s1. The van der Waals surface area contributed by atoms with Crippen molar-refractivity contribution in [2.45, 2.75) is 32.9 Å².